The molecular formula is C13H15N3O3S. The number of hydrogen-bond donors (Lipinski definition) is 2. The Kier molecular flexibility index (Phi) is 3.54. The van der Waals surface area contributed by atoms with E-state index in [0.29, 0.717) is 5.11 Å². The molecule has 7 heteroatoms. The molecule has 0 saturated carbocycles. The zero-order chi connectivity index (χ0) is 14.1. The molecule has 2 saturated heterocycles. The maximum absolute atomic E-state index is 10.7. The Labute approximate surface area is 121 Å². The van der Waals surface area contributed by atoms with Crippen molar-refractivity contribution in [2.75, 3.05) is 6.61 Å². The quantitative estimate of drug-likeness (QED) is 0.492. The van der Waals surface area contributed by atoms with Gasteiger partial charge >= 0.3 is 0 Å². The summed E-state index contributed by atoms with van der Waals surface area (Å²) in [6.45, 7) is 0.740. The first-order valence-corrected chi connectivity index (χ1v) is 6.99. The third kappa shape index (κ3) is 2.46. The van der Waals surface area contributed by atoms with Crippen molar-refractivity contribution in [2.24, 2.45) is 5.92 Å². The van der Waals surface area contributed by atoms with Crippen LogP contribution in [0.15, 0.2) is 24.3 Å². The van der Waals surface area contributed by atoms with E-state index in [-0.39, 0.29) is 23.9 Å². The van der Waals surface area contributed by atoms with Crippen molar-refractivity contribution in [1.29, 1.82) is 0 Å². The Morgan fingerprint density at radius 2 is 2.05 bits per heavy atom. The highest BCUT2D eigenvalue weighted by Gasteiger charge is 2.38. The number of nitrogens with zero attached hydrogens (tertiary/aromatic N) is 1. The Morgan fingerprint density at radius 3 is 2.75 bits per heavy atom. The van der Waals surface area contributed by atoms with E-state index in [0.717, 1.165) is 25.0 Å². The van der Waals surface area contributed by atoms with Crippen LogP contribution in [0.25, 0.3) is 0 Å². The molecule has 2 aliphatic rings. The number of nitro benzene ring substituents is 1. The molecule has 20 heavy (non-hydrogen) atoms. The number of non-ortho nitro benzene ring substituents is 1. The topological polar surface area (TPSA) is 76.4 Å². The molecule has 106 valence electrons. The summed E-state index contributed by atoms with van der Waals surface area (Å²) in [6.07, 6.45) is 1.98. The molecule has 3 unspecified atom stereocenters. The van der Waals surface area contributed by atoms with E-state index >= 15 is 0 Å². The molecule has 6 nitrogen and oxygen atoms in total. The van der Waals surface area contributed by atoms with Crippen LogP contribution >= 0.6 is 12.2 Å². The minimum Gasteiger partial charge on any atom is -0.358 e. The number of thiocarbonyl (C=S) groups is 1. The predicted octanol–water partition coefficient (Wildman–Crippen LogP) is 1.87. The van der Waals surface area contributed by atoms with Gasteiger partial charge in [-0.1, -0.05) is 12.1 Å². The van der Waals surface area contributed by atoms with Crippen molar-refractivity contribution < 1.29 is 9.66 Å². The summed E-state index contributed by atoms with van der Waals surface area (Å²) in [5, 5.41) is 17.7. The van der Waals surface area contributed by atoms with E-state index in [4.69, 9.17) is 17.0 Å². The van der Waals surface area contributed by atoms with Crippen molar-refractivity contribution in [3.05, 3.63) is 39.9 Å². The van der Waals surface area contributed by atoms with Gasteiger partial charge < -0.3 is 15.4 Å². The van der Waals surface area contributed by atoms with E-state index < -0.39 is 4.92 Å². The van der Waals surface area contributed by atoms with Crippen molar-refractivity contribution in [3.8, 4) is 0 Å². The lowest BCUT2D eigenvalue weighted by atomic mass is 9.85. The highest BCUT2D eigenvalue weighted by Crippen LogP contribution is 2.34. The number of nitrogens with one attached hydrogen (secondary N) is 2. The summed E-state index contributed by atoms with van der Waals surface area (Å²) in [5.74, 6) is 0.275. The average Bonchev–Trinajstić information content (AvgIpc) is 2.46. The Bertz CT molecular complexity index is 534. The van der Waals surface area contributed by atoms with Gasteiger partial charge in [-0.2, -0.15) is 0 Å². The fraction of sp³-hybridized carbons (Fsp3) is 0.462. The van der Waals surface area contributed by atoms with Gasteiger partial charge in [0.15, 0.2) is 5.11 Å². The second-order valence-corrected chi connectivity index (χ2v) is 5.45. The molecule has 0 spiro atoms. The van der Waals surface area contributed by atoms with E-state index in [1.807, 2.05) is 0 Å². The summed E-state index contributed by atoms with van der Waals surface area (Å²) >= 11 is 5.21. The molecule has 0 aliphatic carbocycles. The van der Waals surface area contributed by atoms with Gasteiger partial charge in [0.25, 0.3) is 5.69 Å². The Balaban J connectivity index is 1.86. The molecule has 0 aromatic heterocycles. The minimum atomic E-state index is -0.392. The monoisotopic (exact) mass is 293 g/mol. The fourth-order valence-electron chi connectivity index (χ4n) is 2.85. The van der Waals surface area contributed by atoms with Crippen molar-refractivity contribution >= 4 is 23.0 Å². The Hall–Kier alpha value is -1.73. The number of rotatable bonds is 2. The number of nitro groups is 1. The number of ether oxygens (including phenoxy) is 1. The first kappa shape index (κ1) is 13.3. The van der Waals surface area contributed by atoms with Gasteiger partial charge in [0, 0.05) is 24.7 Å². The summed E-state index contributed by atoms with van der Waals surface area (Å²) in [6, 6.07) is 6.67. The summed E-state index contributed by atoms with van der Waals surface area (Å²) in [5.41, 5.74) is 1.10. The van der Waals surface area contributed by atoms with Crippen LogP contribution < -0.4 is 10.6 Å². The summed E-state index contributed by atoms with van der Waals surface area (Å²) < 4.78 is 5.72. The fourth-order valence-corrected chi connectivity index (χ4v) is 3.09. The number of benzene rings is 1. The maximum atomic E-state index is 10.7. The standard InChI is InChI=1S/C13H15N3O3S/c17-16(18)9-5-3-8(4-6-9)11-10-2-1-7-19-12(10)15-13(20)14-11/h3-6,10-12H,1-2,7H2,(H2,14,15,20). The van der Waals surface area contributed by atoms with Crippen molar-refractivity contribution in [1.82, 2.24) is 10.6 Å². The van der Waals surface area contributed by atoms with Crippen molar-refractivity contribution in [2.45, 2.75) is 25.1 Å². The second kappa shape index (κ2) is 5.34. The molecule has 2 heterocycles. The molecule has 1 aromatic rings. The largest absolute Gasteiger partial charge is 0.358 e. The van der Waals surface area contributed by atoms with Gasteiger partial charge in [-0.05, 0) is 30.6 Å². The summed E-state index contributed by atoms with van der Waals surface area (Å²) in [4.78, 5) is 10.3. The zero-order valence-electron chi connectivity index (χ0n) is 10.7. The molecule has 2 N–H and O–H groups in total. The first-order chi connectivity index (χ1) is 9.65. The highest BCUT2D eigenvalue weighted by atomic mass is 32.1. The van der Waals surface area contributed by atoms with Crippen LogP contribution in [0.2, 0.25) is 0 Å². The second-order valence-electron chi connectivity index (χ2n) is 5.04. The van der Waals surface area contributed by atoms with Crippen LogP contribution in [-0.4, -0.2) is 22.9 Å². The lowest BCUT2D eigenvalue weighted by molar-refractivity contribution is -0.384. The van der Waals surface area contributed by atoms with Crippen LogP contribution in [0.1, 0.15) is 24.4 Å². The maximum Gasteiger partial charge on any atom is 0.269 e. The van der Waals surface area contributed by atoms with Crippen molar-refractivity contribution in [3.63, 3.8) is 0 Å². The molecule has 3 rings (SSSR count). The predicted molar refractivity (Wildman–Crippen MR) is 77.2 cm³/mol. The van der Waals surface area contributed by atoms with Gasteiger partial charge in [0.05, 0.1) is 11.0 Å². The third-order valence-electron chi connectivity index (χ3n) is 3.82. The lowest BCUT2D eigenvalue weighted by Crippen LogP contribution is -2.58. The zero-order valence-corrected chi connectivity index (χ0v) is 11.6. The van der Waals surface area contributed by atoms with Gasteiger partial charge in [0.2, 0.25) is 0 Å². The highest BCUT2D eigenvalue weighted by molar-refractivity contribution is 7.80. The van der Waals surface area contributed by atoms with Crippen LogP contribution in [0.4, 0.5) is 5.69 Å². The van der Waals surface area contributed by atoms with Gasteiger partial charge in [0.1, 0.15) is 6.23 Å². The molecule has 0 radical (unpaired) electrons. The lowest BCUT2D eigenvalue weighted by Gasteiger charge is -2.43. The Morgan fingerprint density at radius 1 is 1.30 bits per heavy atom. The molecule has 1 aromatic carbocycles. The van der Waals surface area contributed by atoms with Crippen LogP contribution in [0.5, 0.6) is 0 Å². The van der Waals surface area contributed by atoms with Crippen LogP contribution in [-0.2, 0) is 4.74 Å². The van der Waals surface area contributed by atoms with E-state index in [1.165, 1.54) is 12.1 Å². The van der Waals surface area contributed by atoms with E-state index in [1.54, 1.807) is 12.1 Å². The smallest absolute Gasteiger partial charge is 0.269 e. The van der Waals surface area contributed by atoms with E-state index in [2.05, 4.69) is 10.6 Å². The molecule has 2 fully saturated rings. The normalized spacial score (nSPS) is 29.0. The van der Waals surface area contributed by atoms with Gasteiger partial charge in [-0.15, -0.1) is 0 Å². The SMILES string of the molecule is O=[N+]([O-])c1ccc(C2NC(=S)NC3OCCCC32)cc1. The molecular weight excluding hydrogens is 278 g/mol. The number of hydrogen-bond acceptors (Lipinski definition) is 4. The van der Waals surface area contributed by atoms with Gasteiger partial charge in [-0.25, -0.2) is 0 Å². The molecule has 0 bridgehead atoms. The minimum absolute atomic E-state index is 0.0369. The molecule has 3 atom stereocenters. The van der Waals surface area contributed by atoms with Crippen LogP contribution in [0.3, 0.4) is 0 Å². The summed E-state index contributed by atoms with van der Waals surface area (Å²) in [7, 11) is 0. The van der Waals surface area contributed by atoms with Crippen LogP contribution in [0, 0.1) is 16.0 Å². The van der Waals surface area contributed by atoms with E-state index in [9.17, 15) is 10.1 Å². The molecule has 0 amide bonds. The first-order valence-electron chi connectivity index (χ1n) is 6.58. The third-order valence-corrected chi connectivity index (χ3v) is 4.05. The van der Waals surface area contributed by atoms with Gasteiger partial charge in [-0.3, -0.25) is 10.1 Å². The average molecular weight is 293 g/mol. The molecule has 2 aliphatic heterocycles. The number of fused-ring (bicyclic) bond motifs is 1.